The van der Waals surface area contributed by atoms with E-state index in [0.29, 0.717) is 11.1 Å². The Labute approximate surface area is 171 Å². The van der Waals surface area contributed by atoms with E-state index in [1.54, 1.807) is 31.0 Å². The second-order valence-corrected chi connectivity index (χ2v) is 7.76. The number of hydrogen-bond donors (Lipinski definition) is 0. The van der Waals surface area contributed by atoms with Gasteiger partial charge in [0.2, 0.25) is 5.91 Å². The molecule has 0 N–H and O–H groups in total. The Morgan fingerprint density at radius 2 is 1.96 bits per heavy atom. The van der Waals surface area contributed by atoms with Crippen molar-refractivity contribution in [2.24, 2.45) is 13.0 Å². The summed E-state index contributed by atoms with van der Waals surface area (Å²) in [5, 5.41) is 4.82. The van der Waals surface area contributed by atoms with Crippen LogP contribution in [0.15, 0.2) is 30.3 Å². The average molecular weight is 402 g/mol. The summed E-state index contributed by atoms with van der Waals surface area (Å²) in [7, 11) is 3.48. The van der Waals surface area contributed by atoms with Crippen LogP contribution in [0.2, 0.25) is 5.15 Å². The fourth-order valence-corrected chi connectivity index (χ4v) is 3.94. The van der Waals surface area contributed by atoms with Crippen molar-refractivity contribution >= 4 is 23.6 Å². The Kier molecular flexibility index (Phi) is 6.79. The summed E-state index contributed by atoms with van der Waals surface area (Å²) in [6, 6.07) is 8.29. The molecule has 2 aromatic rings. The summed E-state index contributed by atoms with van der Waals surface area (Å²) < 4.78 is 6.83. The van der Waals surface area contributed by atoms with E-state index in [1.165, 1.54) is 5.56 Å². The molecule has 1 saturated heterocycles. The minimum Gasteiger partial charge on any atom is -0.497 e. The minimum absolute atomic E-state index is 0.0490. The highest BCUT2D eigenvalue weighted by molar-refractivity contribution is 6.31. The molecule has 0 saturated carbocycles. The molecule has 3 rings (SSSR count). The monoisotopic (exact) mass is 401 g/mol. The van der Waals surface area contributed by atoms with Gasteiger partial charge in [0, 0.05) is 31.8 Å². The Morgan fingerprint density at radius 3 is 2.54 bits per heavy atom. The van der Waals surface area contributed by atoms with E-state index in [1.807, 2.05) is 24.0 Å². The molecule has 0 bridgehead atoms. The van der Waals surface area contributed by atoms with Crippen LogP contribution >= 0.6 is 11.6 Å². The largest absolute Gasteiger partial charge is 0.497 e. The molecule has 1 amide bonds. The third kappa shape index (κ3) is 4.96. The first-order chi connectivity index (χ1) is 13.5. The van der Waals surface area contributed by atoms with E-state index in [-0.39, 0.29) is 5.91 Å². The number of aromatic nitrogens is 2. The first-order valence-corrected chi connectivity index (χ1v) is 10.1. The maximum Gasteiger partial charge on any atom is 0.246 e. The number of benzene rings is 1. The molecule has 1 aromatic carbocycles. The predicted octanol–water partition coefficient (Wildman–Crippen LogP) is 4.28. The molecule has 0 aliphatic carbocycles. The molecule has 6 heteroatoms. The van der Waals surface area contributed by atoms with E-state index in [0.717, 1.165) is 55.8 Å². The van der Waals surface area contributed by atoms with Crippen LogP contribution in [0.3, 0.4) is 0 Å². The Balaban J connectivity index is 1.46. The van der Waals surface area contributed by atoms with Gasteiger partial charge in [-0.25, -0.2) is 0 Å². The SMILES string of the molecule is COc1ccc(CCC2CCN(C(=O)/C=C/c3c(C)nn(C)c3Cl)CC2)cc1. The van der Waals surface area contributed by atoms with Crippen molar-refractivity contribution < 1.29 is 9.53 Å². The van der Waals surface area contributed by atoms with Gasteiger partial charge in [-0.1, -0.05) is 23.7 Å². The van der Waals surface area contributed by atoms with Gasteiger partial charge < -0.3 is 9.64 Å². The fourth-order valence-electron chi connectivity index (χ4n) is 3.70. The lowest BCUT2D eigenvalue weighted by molar-refractivity contribution is -0.127. The number of likely N-dealkylation sites (tertiary alicyclic amines) is 1. The number of halogens is 1. The number of aryl methyl sites for hydroxylation is 3. The van der Waals surface area contributed by atoms with Gasteiger partial charge in [0.05, 0.1) is 12.8 Å². The highest BCUT2D eigenvalue weighted by Crippen LogP contribution is 2.24. The summed E-state index contributed by atoms with van der Waals surface area (Å²) in [6.45, 7) is 3.52. The number of carbonyl (C=O) groups is 1. The van der Waals surface area contributed by atoms with Crippen molar-refractivity contribution in [1.29, 1.82) is 0 Å². The number of hydrogen-bond acceptors (Lipinski definition) is 3. The number of nitrogens with zero attached hydrogens (tertiary/aromatic N) is 3. The van der Waals surface area contributed by atoms with Crippen molar-refractivity contribution in [2.75, 3.05) is 20.2 Å². The Morgan fingerprint density at radius 1 is 1.29 bits per heavy atom. The predicted molar refractivity (Wildman–Crippen MR) is 113 cm³/mol. The molecule has 2 heterocycles. The standard InChI is InChI=1S/C22H28ClN3O2/c1-16-20(22(23)25(2)24-16)10-11-21(27)26-14-12-18(13-15-26)5-4-17-6-8-19(28-3)9-7-17/h6-11,18H,4-5,12-15H2,1-3H3/b11-10+. The third-order valence-electron chi connectivity index (χ3n) is 5.52. The van der Waals surface area contributed by atoms with E-state index < -0.39 is 0 Å². The number of amides is 1. The van der Waals surface area contributed by atoms with Gasteiger partial charge in [-0.15, -0.1) is 0 Å². The third-order valence-corrected chi connectivity index (χ3v) is 5.96. The van der Waals surface area contributed by atoms with Crippen LogP contribution in [0, 0.1) is 12.8 Å². The second kappa shape index (κ2) is 9.28. The lowest BCUT2D eigenvalue weighted by Gasteiger charge is -2.31. The van der Waals surface area contributed by atoms with E-state index in [2.05, 4.69) is 17.2 Å². The molecule has 150 valence electrons. The quantitative estimate of drug-likeness (QED) is 0.679. The molecule has 1 aliphatic rings. The molecule has 28 heavy (non-hydrogen) atoms. The zero-order valence-corrected chi connectivity index (χ0v) is 17.6. The summed E-state index contributed by atoms with van der Waals surface area (Å²) in [6.07, 6.45) is 7.75. The van der Waals surface area contributed by atoms with E-state index in [9.17, 15) is 4.79 Å². The number of methoxy groups -OCH3 is 1. The van der Waals surface area contributed by atoms with E-state index >= 15 is 0 Å². The molecule has 0 spiro atoms. The van der Waals surface area contributed by atoms with Gasteiger partial charge in [0.15, 0.2) is 0 Å². The molecular weight excluding hydrogens is 374 g/mol. The molecule has 0 radical (unpaired) electrons. The summed E-state index contributed by atoms with van der Waals surface area (Å²) >= 11 is 6.22. The number of ether oxygens (including phenoxy) is 1. The molecular formula is C22H28ClN3O2. The van der Waals surface area contributed by atoms with Crippen LogP contribution in [-0.2, 0) is 18.3 Å². The first kappa shape index (κ1) is 20.5. The minimum atomic E-state index is 0.0490. The van der Waals surface area contributed by atoms with Gasteiger partial charge in [0.1, 0.15) is 10.9 Å². The molecule has 0 unspecified atom stereocenters. The molecule has 1 aliphatic heterocycles. The highest BCUT2D eigenvalue weighted by Gasteiger charge is 2.21. The maximum atomic E-state index is 12.5. The van der Waals surface area contributed by atoms with Gasteiger partial charge in [0.25, 0.3) is 0 Å². The van der Waals surface area contributed by atoms with Gasteiger partial charge in [-0.05, 0) is 62.3 Å². The average Bonchev–Trinajstić information content (AvgIpc) is 2.96. The Hall–Kier alpha value is -2.27. The lowest BCUT2D eigenvalue weighted by atomic mass is 9.90. The Bertz CT molecular complexity index is 834. The van der Waals surface area contributed by atoms with Gasteiger partial charge in [-0.2, -0.15) is 5.10 Å². The molecule has 1 fully saturated rings. The normalized spacial score (nSPS) is 15.4. The smallest absolute Gasteiger partial charge is 0.246 e. The van der Waals surface area contributed by atoms with Crippen molar-refractivity contribution in [2.45, 2.75) is 32.6 Å². The molecule has 5 nitrogen and oxygen atoms in total. The number of carbonyl (C=O) groups excluding carboxylic acids is 1. The van der Waals surface area contributed by atoms with Crippen LogP contribution < -0.4 is 4.74 Å². The highest BCUT2D eigenvalue weighted by atomic mass is 35.5. The van der Waals surface area contributed by atoms with Crippen molar-refractivity contribution in [3.05, 3.63) is 52.3 Å². The first-order valence-electron chi connectivity index (χ1n) is 9.77. The number of rotatable bonds is 6. The zero-order chi connectivity index (χ0) is 20.1. The summed E-state index contributed by atoms with van der Waals surface area (Å²) in [4.78, 5) is 14.4. The fraction of sp³-hybridized carbons (Fsp3) is 0.455. The van der Waals surface area contributed by atoms with Crippen LogP contribution in [0.1, 0.15) is 36.1 Å². The summed E-state index contributed by atoms with van der Waals surface area (Å²) in [5.41, 5.74) is 2.98. The summed E-state index contributed by atoms with van der Waals surface area (Å²) in [5.74, 6) is 1.62. The van der Waals surface area contributed by atoms with Crippen LogP contribution in [0.5, 0.6) is 5.75 Å². The van der Waals surface area contributed by atoms with Gasteiger partial charge in [-0.3, -0.25) is 9.48 Å². The van der Waals surface area contributed by atoms with Crippen molar-refractivity contribution in [1.82, 2.24) is 14.7 Å². The molecule has 0 atom stereocenters. The lowest BCUT2D eigenvalue weighted by Crippen LogP contribution is -2.37. The van der Waals surface area contributed by atoms with Crippen molar-refractivity contribution in [3.8, 4) is 5.75 Å². The maximum absolute atomic E-state index is 12.5. The topological polar surface area (TPSA) is 47.4 Å². The zero-order valence-electron chi connectivity index (χ0n) is 16.8. The van der Waals surface area contributed by atoms with Crippen LogP contribution in [-0.4, -0.2) is 40.8 Å². The number of piperidine rings is 1. The second-order valence-electron chi connectivity index (χ2n) is 7.40. The molecule has 1 aromatic heterocycles. The van der Waals surface area contributed by atoms with Crippen LogP contribution in [0.4, 0.5) is 0 Å². The van der Waals surface area contributed by atoms with Crippen LogP contribution in [0.25, 0.3) is 6.08 Å². The van der Waals surface area contributed by atoms with Gasteiger partial charge >= 0.3 is 0 Å². The van der Waals surface area contributed by atoms with Crippen molar-refractivity contribution in [3.63, 3.8) is 0 Å². The van der Waals surface area contributed by atoms with E-state index in [4.69, 9.17) is 16.3 Å².